The maximum absolute atomic E-state index is 5.44. The third-order valence-corrected chi connectivity index (χ3v) is 3.44. The molecule has 0 fully saturated rings. The first-order chi connectivity index (χ1) is 8.58. The highest BCUT2D eigenvalue weighted by molar-refractivity contribution is 5.32. The first kappa shape index (κ1) is 12.9. The summed E-state index contributed by atoms with van der Waals surface area (Å²) in [5, 5.41) is 3.52. The molecule has 18 heavy (non-hydrogen) atoms. The first-order valence-electron chi connectivity index (χ1n) is 6.41. The summed E-state index contributed by atoms with van der Waals surface area (Å²) in [6.45, 7) is 9.33. The van der Waals surface area contributed by atoms with Gasteiger partial charge in [-0.25, -0.2) is 0 Å². The fourth-order valence-electron chi connectivity index (χ4n) is 2.17. The molecule has 0 amide bonds. The van der Waals surface area contributed by atoms with Crippen LogP contribution in [0, 0.1) is 20.8 Å². The minimum absolute atomic E-state index is 0.328. The average molecular weight is 243 g/mol. The van der Waals surface area contributed by atoms with E-state index in [0.717, 1.165) is 12.3 Å². The standard InChI is InChI=1S/C16H21NO/c1-11-5-6-12(2)15(9-11)14(4)17-10-16-13(3)7-8-18-16/h5-9,14,17H,10H2,1-4H3. The molecule has 96 valence electrons. The minimum Gasteiger partial charge on any atom is -0.468 e. The molecule has 0 aliphatic carbocycles. The van der Waals surface area contributed by atoms with Crippen molar-refractivity contribution in [3.63, 3.8) is 0 Å². The fourth-order valence-corrected chi connectivity index (χ4v) is 2.17. The van der Waals surface area contributed by atoms with Crippen molar-refractivity contribution in [1.82, 2.24) is 5.32 Å². The molecular formula is C16H21NO. The Balaban J connectivity index is 2.06. The third-order valence-electron chi connectivity index (χ3n) is 3.44. The molecule has 2 rings (SSSR count). The minimum atomic E-state index is 0.328. The van der Waals surface area contributed by atoms with E-state index >= 15 is 0 Å². The van der Waals surface area contributed by atoms with Crippen LogP contribution >= 0.6 is 0 Å². The zero-order chi connectivity index (χ0) is 13.1. The molecule has 1 aromatic heterocycles. The summed E-state index contributed by atoms with van der Waals surface area (Å²) in [5.74, 6) is 1.02. The molecule has 0 saturated heterocycles. The lowest BCUT2D eigenvalue weighted by molar-refractivity contribution is 0.457. The van der Waals surface area contributed by atoms with E-state index in [4.69, 9.17) is 4.42 Å². The monoisotopic (exact) mass is 243 g/mol. The molecule has 1 aromatic carbocycles. The van der Waals surface area contributed by atoms with E-state index in [1.165, 1.54) is 22.3 Å². The van der Waals surface area contributed by atoms with Gasteiger partial charge < -0.3 is 9.73 Å². The third kappa shape index (κ3) is 2.82. The summed E-state index contributed by atoms with van der Waals surface area (Å²) >= 11 is 0. The highest BCUT2D eigenvalue weighted by Gasteiger charge is 2.09. The van der Waals surface area contributed by atoms with Crippen LogP contribution in [0.25, 0.3) is 0 Å². The largest absolute Gasteiger partial charge is 0.468 e. The van der Waals surface area contributed by atoms with Crippen LogP contribution in [0.5, 0.6) is 0 Å². The Bertz CT molecular complexity index is 528. The molecule has 0 aliphatic heterocycles. The number of hydrogen-bond acceptors (Lipinski definition) is 2. The normalized spacial score (nSPS) is 12.7. The number of hydrogen-bond donors (Lipinski definition) is 1. The summed E-state index contributed by atoms with van der Waals surface area (Å²) in [6, 6.07) is 8.92. The van der Waals surface area contributed by atoms with E-state index in [1.807, 2.05) is 6.07 Å². The van der Waals surface area contributed by atoms with Crippen molar-refractivity contribution in [3.05, 3.63) is 58.5 Å². The molecule has 1 heterocycles. The second-order valence-electron chi connectivity index (χ2n) is 4.99. The predicted molar refractivity (Wildman–Crippen MR) is 74.6 cm³/mol. The molecule has 0 bridgehead atoms. The van der Waals surface area contributed by atoms with E-state index in [0.29, 0.717) is 6.04 Å². The van der Waals surface area contributed by atoms with Crippen LogP contribution in [0.15, 0.2) is 34.9 Å². The summed E-state index contributed by atoms with van der Waals surface area (Å²) in [6.07, 6.45) is 1.74. The summed E-state index contributed by atoms with van der Waals surface area (Å²) < 4.78 is 5.44. The molecule has 0 spiro atoms. The number of nitrogens with one attached hydrogen (secondary N) is 1. The highest BCUT2D eigenvalue weighted by atomic mass is 16.3. The van der Waals surface area contributed by atoms with Gasteiger partial charge in [0.2, 0.25) is 0 Å². The Morgan fingerprint density at radius 3 is 2.56 bits per heavy atom. The van der Waals surface area contributed by atoms with Crippen molar-refractivity contribution in [3.8, 4) is 0 Å². The lowest BCUT2D eigenvalue weighted by Crippen LogP contribution is -2.19. The van der Waals surface area contributed by atoms with Crippen LogP contribution in [0.4, 0.5) is 0 Å². The van der Waals surface area contributed by atoms with Crippen LogP contribution < -0.4 is 5.32 Å². The first-order valence-corrected chi connectivity index (χ1v) is 6.41. The van der Waals surface area contributed by atoms with E-state index < -0.39 is 0 Å². The molecule has 0 radical (unpaired) electrons. The maximum atomic E-state index is 5.44. The zero-order valence-corrected chi connectivity index (χ0v) is 11.6. The van der Waals surface area contributed by atoms with Gasteiger partial charge in [0.25, 0.3) is 0 Å². The summed E-state index contributed by atoms with van der Waals surface area (Å²) in [4.78, 5) is 0. The van der Waals surface area contributed by atoms with Gasteiger partial charge in [0, 0.05) is 6.04 Å². The van der Waals surface area contributed by atoms with Crippen molar-refractivity contribution in [1.29, 1.82) is 0 Å². The van der Waals surface area contributed by atoms with Crippen molar-refractivity contribution >= 4 is 0 Å². The predicted octanol–water partition coefficient (Wildman–Crippen LogP) is 4.06. The van der Waals surface area contributed by atoms with Gasteiger partial charge in [0.1, 0.15) is 5.76 Å². The molecule has 0 saturated carbocycles. The zero-order valence-electron chi connectivity index (χ0n) is 11.6. The van der Waals surface area contributed by atoms with Crippen molar-refractivity contribution in [2.45, 2.75) is 40.3 Å². The van der Waals surface area contributed by atoms with Crippen LogP contribution in [0.1, 0.15) is 41.0 Å². The number of rotatable bonds is 4. The Hall–Kier alpha value is -1.54. The van der Waals surface area contributed by atoms with Gasteiger partial charge in [0.05, 0.1) is 12.8 Å². The Labute approximate surface area is 109 Å². The van der Waals surface area contributed by atoms with Crippen LogP contribution in [0.2, 0.25) is 0 Å². The lowest BCUT2D eigenvalue weighted by Gasteiger charge is -2.17. The van der Waals surface area contributed by atoms with Crippen molar-refractivity contribution in [2.24, 2.45) is 0 Å². The SMILES string of the molecule is Cc1ccc(C)c(C(C)NCc2occc2C)c1. The summed E-state index contributed by atoms with van der Waals surface area (Å²) in [7, 11) is 0. The van der Waals surface area contributed by atoms with E-state index in [2.05, 4.69) is 51.2 Å². The Morgan fingerprint density at radius 2 is 1.89 bits per heavy atom. The average Bonchev–Trinajstić information content (AvgIpc) is 2.75. The molecule has 2 heteroatoms. The number of furan rings is 1. The molecule has 2 aromatic rings. The van der Waals surface area contributed by atoms with E-state index in [1.54, 1.807) is 6.26 Å². The van der Waals surface area contributed by atoms with E-state index in [9.17, 15) is 0 Å². The van der Waals surface area contributed by atoms with Crippen LogP contribution in [-0.2, 0) is 6.54 Å². The Morgan fingerprint density at radius 1 is 1.11 bits per heavy atom. The second kappa shape index (κ2) is 5.40. The molecule has 2 nitrogen and oxygen atoms in total. The van der Waals surface area contributed by atoms with Crippen molar-refractivity contribution in [2.75, 3.05) is 0 Å². The number of benzene rings is 1. The quantitative estimate of drug-likeness (QED) is 0.876. The van der Waals surface area contributed by atoms with Crippen LogP contribution in [-0.4, -0.2) is 0 Å². The van der Waals surface area contributed by atoms with Crippen LogP contribution in [0.3, 0.4) is 0 Å². The maximum Gasteiger partial charge on any atom is 0.120 e. The summed E-state index contributed by atoms with van der Waals surface area (Å²) in [5.41, 5.74) is 5.20. The van der Waals surface area contributed by atoms with Crippen molar-refractivity contribution < 1.29 is 4.42 Å². The number of aryl methyl sites for hydroxylation is 3. The highest BCUT2D eigenvalue weighted by Crippen LogP contribution is 2.19. The van der Waals surface area contributed by atoms with Gasteiger partial charge in [-0.2, -0.15) is 0 Å². The molecular weight excluding hydrogens is 222 g/mol. The van der Waals surface area contributed by atoms with E-state index in [-0.39, 0.29) is 0 Å². The van der Waals surface area contributed by atoms with Gasteiger partial charge in [0.15, 0.2) is 0 Å². The topological polar surface area (TPSA) is 25.2 Å². The fraction of sp³-hybridized carbons (Fsp3) is 0.375. The lowest BCUT2D eigenvalue weighted by atomic mass is 10.00. The van der Waals surface area contributed by atoms with Gasteiger partial charge in [-0.15, -0.1) is 0 Å². The molecule has 0 aliphatic rings. The Kier molecular flexibility index (Phi) is 3.87. The van der Waals surface area contributed by atoms with Gasteiger partial charge >= 0.3 is 0 Å². The molecule has 1 atom stereocenters. The molecule has 1 N–H and O–H groups in total. The molecule has 1 unspecified atom stereocenters. The van der Waals surface area contributed by atoms with Gasteiger partial charge in [-0.1, -0.05) is 23.8 Å². The second-order valence-corrected chi connectivity index (χ2v) is 4.99. The smallest absolute Gasteiger partial charge is 0.120 e. The van der Waals surface area contributed by atoms with Gasteiger partial charge in [-0.3, -0.25) is 0 Å². The van der Waals surface area contributed by atoms with Gasteiger partial charge in [-0.05, 0) is 50.5 Å².